The van der Waals surface area contributed by atoms with Crippen molar-refractivity contribution in [1.29, 1.82) is 0 Å². The molecule has 1 saturated carbocycles. The summed E-state index contributed by atoms with van der Waals surface area (Å²) < 4.78 is 0. The van der Waals surface area contributed by atoms with Crippen LogP contribution in [0.15, 0.2) is 41.7 Å². The first-order valence-corrected chi connectivity index (χ1v) is 9.29. The van der Waals surface area contributed by atoms with Crippen LogP contribution in [0.1, 0.15) is 45.1 Å². The van der Waals surface area contributed by atoms with Crippen molar-refractivity contribution in [3.8, 4) is 0 Å². The zero-order chi connectivity index (χ0) is 17.9. The Morgan fingerprint density at radius 2 is 2.12 bits per heavy atom. The maximum absolute atomic E-state index is 5.77. The van der Waals surface area contributed by atoms with Crippen molar-refractivity contribution < 1.29 is 4.84 Å². The van der Waals surface area contributed by atoms with Crippen molar-refractivity contribution in [3.05, 3.63) is 42.1 Å². The van der Waals surface area contributed by atoms with Crippen LogP contribution in [0, 0.1) is 0 Å². The van der Waals surface area contributed by atoms with Gasteiger partial charge < -0.3 is 10.2 Å². The lowest BCUT2D eigenvalue weighted by atomic mass is 9.68. The van der Waals surface area contributed by atoms with E-state index in [0.29, 0.717) is 0 Å². The third kappa shape index (κ3) is 3.38. The minimum atomic E-state index is -0.436. The maximum atomic E-state index is 5.77. The molecule has 1 aliphatic carbocycles. The number of aromatic nitrogens is 1. The number of benzene rings is 1. The quantitative estimate of drug-likeness (QED) is 0.653. The number of hydrogen-bond donors (Lipinski definition) is 1. The highest BCUT2D eigenvalue weighted by Gasteiger charge is 2.44. The van der Waals surface area contributed by atoms with Gasteiger partial charge in [0.05, 0.1) is 21.6 Å². The van der Waals surface area contributed by atoms with Gasteiger partial charge in [0.1, 0.15) is 6.10 Å². The summed E-state index contributed by atoms with van der Waals surface area (Å²) in [6, 6.07) is 10.4. The summed E-state index contributed by atoms with van der Waals surface area (Å²) in [5.74, 6) is 0. The second kappa shape index (κ2) is 7.48. The van der Waals surface area contributed by atoms with Crippen LogP contribution in [0.25, 0.3) is 10.9 Å². The summed E-state index contributed by atoms with van der Waals surface area (Å²) in [5, 5.41) is 8.85. The van der Waals surface area contributed by atoms with Gasteiger partial charge in [-0.3, -0.25) is 4.98 Å². The van der Waals surface area contributed by atoms with Crippen molar-refractivity contribution in [3.63, 3.8) is 0 Å². The fourth-order valence-electron chi connectivity index (χ4n) is 3.54. The Morgan fingerprint density at radius 1 is 1.32 bits per heavy atom. The summed E-state index contributed by atoms with van der Waals surface area (Å²) >= 11 is 5.77. The number of thiocarbonyl (C=S) groups is 1. The number of nitrogens with one attached hydrogen (secondary N) is 1. The standard InChI is InChI=1S/C20H25N3OS/c1-14(2)24-23-18-10-6-7-11-20(18,19(25)21-3)16-12-15-8-4-5-9-17(15)22-13-16/h4-5,8-9,12-14H,6-7,10-11H2,1-3H3,(H,21,25)/b23-18+. The van der Waals surface area contributed by atoms with Crippen LogP contribution >= 0.6 is 12.2 Å². The summed E-state index contributed by atoms with van der Waals surface area (Å²) in [5.41, 5.74) is 2.65. The predicted molar refractivity (Wildman–Crippen MR) is 107 cm³/mol. The van der Waals surface area contributed by atoms with E-state index in [-0.39, 0.29) is 6.10 Å². The number of hydrogen-bond acceptors (Lipinski definition) is 4. The average molecular weight is 356 g/mol. The first-order chi connectivity index (χ1) is 12.1. The van der Waals surface area contributed by atoms with Crippen LogP contribution in [0.3, 0.4) is 0 Å². The van der Waals surface area contributed by atoms with Gasteiger partial charge in [0.15, 0.2) is 0 Å². The molecule has 2 aromatic rings. The molecule has 0 aliphatic heterocycles. The van der Waals surface area contributed by atoms with Gasteiger partial charge in [-0.25, -0.2) is 0 Å². The van der Waals surface area contributed by atoms with Crippen molar-refractivity contribution in [2.45, 2.75) is 51.0 Å². The Kier molecular flexibility index (Phi) is 5.33. The molecule has 1 aromatic carbocycles. The zero-order valence-corrected chi connectivity index (χ0v) is 15.9. The first kappa shape index (κ1) is 17.8. The van der Waals surface area contributed by atoms with Crippen LogP contribution in [-0.4, -0.2) is 28.8 Å². The van der Waals surface area contributed by atoms with E-state index in [0.717, 1.165) is 52.8 Å². The molecule has 0 radical (unpaired) electrons. The number of rotatable bonds is 4. The van der Waals surface area contributed by atoms with E-state index in [1.165, 1.54) is 0 Å². The molecule has 0 amide bonds. The fourth-order valence-corrected chi connectivity index (χ4v) is 3.88. The number of nitrogens with zero attached hydrogens (tertiary/aromatic N) is 2. The van der Waals surface area contributed by atoms with Crippen molar-refractivity contribution in [1.82, 2.24) is 10.3 Å². The van der Waals surface area contributed by atoms with E-state index in [2.05, 4.69) is 27.6 Å². The molecule has 1 aromatic heterocycles. The van der Waals surface area contributed by atoms with Crippen LogP contribution in [0.2, 0.25) is 0 Å². The van der Waals surface area contributed by atoms with Gasteiger partial charge in [0.25, 0.3) is 0 Å². The molecule has 1 atom stereocenters. The van der Waals surface area contributed by atoms with Crippen LogP contribution < -0.4 is 5.32 Å². The number of likely N-dealkylation sites (N-methyl/N-ethyl adjacent to an activating group) is 1. The number of para-hydroxylation sites is 1. The molecule has 1 fully saturated rings. The molecule has 25 heavy (non-hydrogen) atoms. The topological polar surface area (TPSA) is 46.5 Å². The molecule has 1 aliphatic rings. The number of fused-ring (bicyclic) bond motifs is 1. The highest BCUT2D eigenvalue weighted by Crippen LogP contribution is 2.39. The SMILES string of the molecule is CNC(=S)C1(c2cnc3ccccc3c2)CCCC/C1=N\OC(C)C. The minimum absolute atomic E-state index is 0.0463. The fraction of sp³-hybridized carbons (Fsp3) is 0.450. The molecule has 1 heterocycles. The van der Waals surface area contributed by atoms with Crippen molar-refractivity contribution >= 4 is 33.8 Å². The second-order valence-corrected chi connectivity index (χ2v) is 7.21. The highest BCUT2D eigenvalue weighted by molar-refractivity contribution is 7.80. The normalized spacial score (nSPS) is 22.3. The van der Waals surface area contributed by atoms with Crippen molar-refractivity contribution in [2.24, 2.45) is 5.16 Å². The van der Waals surface area contributed by atoms with Gasteiger partial charge >= 0.3 is 0 Å². The Labute approximate surface area is 154 Å². The predicted octanol–water partition coefficient (Wildman–Crippen LogP) is 4.37. The smallest absolute Gasteiger partial charge is 0.122 e. The summed E-state index contributed by atoms with van der Waals surface area (Å²) in [4.78, 5) is 11.1. The van der Waals surface area contributed by atoms with E-state index in [1.807, 2.05) is 45.3 Å². The average Bonchev–Trinajstić information content (AvgIpc) is 2.65. The molecule has 0 bridgehead atoms. The lowest BCUT2D eigenvalue weighted by molar-refractivity contribution is 0.0836. The molecule has 132 valence electrons. The van der Waals surface area contributed by atoms with Gasteiger partial charge in [-0.1, -0.05) is 42.0 Å². The van der Waals surface area contributed by atoms with E-state index in [1.54, 1.807) is 0 Å². The zero-order valence-electron chi connectivity index (χ0n) is 15.1. The van der Waals surface area contributed by atoms with Gasteiger partial charge in [0.2, 0.25) is 0 Å². The molecule has 1 unspecified atom stereocenters. The maximum Gasteiger partial charge on any atom is 0.122 e. The monoisotopic (exact) mass is 355 g/mol. The molecule has 5 heteroatoms. The third-order valence-corrected chi connectivity index (χ3v) is 5.33. The van der Waals surface area contributed by atoms with E-state index in [4.69, 9.17) is 17.1 Å². The summed E-state index contributed by atoms with van der Waals surface area (Å²) in [6.45, 7) is 3.98. The van der Waals surface area contributed by atoms with E-state index in [9.17, 15) is 0 Å². The van der Waals surface area contributed by atoms with E-state index < -0.39 is 5.41 Å². The van der Waals surface area contributed by atoms with Crippen molar-refractivity contribution in [2.75, 3.05) is 7.05 Å². The molecule has 4 nitrogen and oxygen atoms in total. The molecular weight excluding hydrogens is 330 g/mol. The minimum Gasteiger partial charge on any atom is -0.393 e. The van der Waals surface area contributed by atoms with Gasteiger partial charge in [0, 0.05) is 18.6 Å². The largest absolute Gasteiger partial charge is 0.393 e. The number of oxime groups is 1. The van der Waals surface area contributed by atoms with Gasteiger partial charge in [-0.15, -0.1) is 0 Å². The number of pyridine rings is 1. The van der Waals surface area contributed by atoms with E-state index >= 15 is 0 Å². The molecule has 1 N–H and O–H groups in total. The first-order valence-electron chi connectivity index (χ1n) is 8.88. The second-order valence-electron chi connectivity index (χ2n) is 6.80. The Morgan fingerprint density at radius 3 is 2.88 bits per heavy atom. The van der Waals surface area contributed by atoms with Crippen LogP contribution in [0.4, 0.5) is 0 Å². The molecule has 0 spiro atoms. The summed E-state index contributed by atoms with van der Waals surface area (Å²) in [7, 11) is 1.88. The Hall–Kier alpha value is -2.01. The van der Waals surface area contributed by atoms with Crippen LogP contribution in [0.5, 0.6) is 0 Å². The molecular formula is C20H25N3OS. The molecule has 3 rings (SSSR count). The van der Waals surface area contributed by atoms with Gasteiger partial charge in [-0.05, 0) is 50.8 Å². The lowest BCUT2D eigenvalue weighted by Crippen LogP contribution is -2.50. The molecule has 0 saturated heterocycles. The summed E-state index contributed by atoms with van der Waals surface area (Å²) in [6.07, 6.45) is 6.02. The lowest BCUT2D eigenvalue weighted by Gasteiger charge is -2.39. The Balaban J connectivity index is 2.16. The Bertz CT molecular complexity index is 802. The highest BCUT2D eigenvalue weighted by atomic mass is 32.1. The third-order valence-electron chi connectivity index (χ3n) is 4.78. The van der Waals surface area contributed by atoms with Gasteiger partial charge in [-0.2, -0.15) is 0 Å². The van der Waals surface area contributed by atoms with Crippen LogP contribution in [-0.2, 0) is 10.3 Å².